The van der Waals surface area contributed by atoms with E-state index >= 15 is 0 Å². The Morgan fingerprint density at radius 1 is 1.00 bits per heavy atom. The zero-order valence-corrected chi connectivity index (χ0v) is 23.9. The van der Waals surface area contributed by atoms with Crippen molar-refractivity contribution in [3.8, 4) is 0 Å². The molecule has 234 valence electrons. The van der Waals surface area contributed by atoms with Gasteiger partial charge in [0.15, 0.2) is 5.96 Å². The number of aliphatic carboxylic acids is 2. The second-order valence-electron chi connectivity index (χ2n) is 10.1. The molecular weight excluding hydrogens is 571 g/mol. The van der Waals surface area contributed by atoms with Crippen LogP contribution in [0.25, 0.3) is 0 Å². The molecule has 1 aliphatic heterocycles. The molecule has 0 saturated heterocycles. The minimum absolute atomic E-state index is 0.0878. The molecule has 43 heavy (non-hydrogen) atoms. The number of carboxylic acids is 2. The van der Waals surface area contributed by atoms with Gasteiger partial charge in [0, 0.05) is 12.6 Å². The van der Waals surface area contributed by atoms with Crippen LogP contribution < -0.4 is 16.4 Å². The summed E-state index contributed by atoms with van der Waals surface area (Å²) in [6.07, 6.45) is -1.93. The van der Waals surface area contributed by atoms with Crippen molar-refractivity contribution in [3.05, 3.63) is 65.2 Å². The Bertz CT molecular complexity index is 1310. The van der Waals surface area contributed by atoms with Crippen molar-refractivity contribution in [1.82, 2.24) is 4.90 Å². The van der Waals surface area contributed by atoms with Gasteiger partial charge in [-0.05, 0) is 56.4 Å². The lowest BCUT2D eigenvalue weighted by Gasteiger charge is -2.30. The van der Waals surface area contributed by atoms with Crippen molar-refractivity contribution >= 4 is 35.4 Å². The highest BCUT2D eigenvalue weighted by Gasteiger charge is 2.39. The number of rotatable bonds is 11. The molecule has 14 heteroatoms. The van der Waals surface area contributed by atoms with E-state index in [1.807, 2.05) is 38.1 Å². The number of halogens is 3. The standard InChI is InChI=1S/C27H35N5O4.C2HF3O2/c1-18(2)32-22-13-12-19(9-5-4-8-14-30-27(28)29)15-21(22)26(36)31(17-24(32)33)23(16-25(34)35)20-10-6-3-7-11-20;3-2(4,5)1(6)7/h3,6-7,10-13,15,18,23H,4-5,8-9,14,16-17H2,1-2H3,(H,34,35)(H4,28,29,30);(H,6,7). The zero-order chi connectivity index (χ0) is 32.3. The predicted octanol–water partition coefficient (Wildman–Crippen LogP) is 3.72. The number of nitrogens with zero attached hydrogens (tertiary/aromatic N) is 3. The summed E-state index contributed by atoms with van der Waals surface area (Å²) in [5.41, 5.74) is 13.4. The van der Waals surface area contributed by atoms with Crippen LogP contribution in [0, 0.1) is 0 Å². The van der Waals surface area contributed by atoms with Gasteiger partial charge in [-0.1, -0.05) is 42.8 Å². The average molecular weight is 608 g/mol. The van der Waals surface area contributed by atoms with Crippen LogP contribution in [-0.2, 0) is 20.8 Å². The van der Waals surface area contributed by atoms with Crippen molar-refractivity contribution < 1.29 is 42.6 Å². The number of hydrogen-bond donors (Lipinski definition) is 4. The van der Waals surface area contributed by atoms with Gasteiger partial charge in [-0.3, -0.25) is 19.4 Å². The molecular formula is C29H36F3N5O6. The van der Waals surface area contributed by atoms with Crippen LogP contribution in [0.5, 0.6) is 0 Å². The lowest BCUT2D eigenvalue weighted by molar-refractivity contribution is -0.192. The monoisotopic (exact) mass is 607 g/mol. The number of benzene rings is 2. The number of nitrogens with two attached hydrogens (primary N) is 2. The van der Waals surface area contributed by atoms with Crippen LogP contribution in [0.4, 0.5) is 18.9 Å². The maximum atomic E-state index is 13.9. The summed E-state index contributed by atoms with van der Waals surface area (Å²) >= 11 is 0. The van der Waals surface area contributed by atoms with Gasteiger partial charge in [-0.2, -0.15) is 13.2 Å². The molecule has 0 fully saturated rings. The highest BCUT2D eigenvalue weighted by atomic mass is 19.4. The van der Waals surface area contributed by atoms with Crippen LogP contribution in [0.15, 0.2) is 53.5 Å². The highest BCUT2D eigenvalue weighted by molar-refractivity contribution is 6.10. The van der Waals surface area contributed by atoms with Gasteiger partial charge in [0.2, 0.25) is 5.91 Å². The number of fused-ring (bicyclic) bond motifs is 1. The largest absolute Gasteiger partial charge is 0.490 e. The zero-order valence-electron chi connectivity index (χ0n) is 23.9. The third-order valence-corrected chi connectivity index (χ3v) is 6.49. The summed E-state index contributed by atoms with van der Waals surface area (Å²) in [6, 6.07) is 13.7. The van der Waals surface area contributed by atoms with E-state index in [0.29, 0.717) is 23.4 Å². The maximum Gasteiger partial charge on any atom is 0.490 e. The molecule has 0 bridgehead atoms. The highest BCUT2D eigenvalue weighted by Crippen LogP contribution is 2.34. The molecule has 0 saturated carbocycles. The number of aliphatic imine (C=N–C) groups is 1. The van der Waals surface area contributed by atoms with Crippen molar-refractivity contribution in [2.24, 2.45) is 16.5 Å². The fraction of sp³-hybridized carbons (Fsp3) is 0.414. The molecule has 0 aliphatic carbocycles. The van der Waals surface area contributed by atoms with Crippen molar-refractivity contribution in [1.29, 1.82) is 0 Å². The fourth-order valence-corrected chi connectivity index (χ4v) is 4.60. The molecule has 1 unspecified atom stereocenters. The number of hydrogen-bond acceptors (Lipinski definition) is 5. The molecule has 2 aromatic rings. The third kappa shape index (κ3) is 10.3. The summed E-state index contributed by atoms with van der Waals surface area (Å²) in [5.74, 6) is -4.29. The normalized spacial score (nSPS) is 13.9. The first-order chi connectivity index (χ1) is 20.1. The molecule has 1 aliphatic rings. The molecule has 0 radical (unpaired) electrons. The molecule has 0 spiro atoms. The van der Waals surface area contributed by atoms with Crippen molar-refractivity contribution in [2.45, 2.75) is 64.2 Å². The number of anilines is 1. The number of unbranched alkanes of at least 4 members (excludes halogenated alkanes) is 2. The first kappa shape index (κ1) is 34.6. The molecule has 3 rings (SSSR count). The van der Waals surface area contributed by atoms with Crippen molar-refractivity contribution in [2.75, 3.05) is 18.0 Å². The summed E-state index contributed by atoms with van der Waals surface area (Å²) in [7, 11) is 0. The van der Waals surface area contributed by atoms with Crippen molar-refractivity contribution in [3.63, 3.8) is 0 Å². The fourth-order valence-electron chi connectivity index (χ4n) is 4.60. The van der Waals surface area contributed by atoms with E-state index < -0.39 is 24.2 Å². The minimum atomic E-state index is -5.08. The predicted molar refractivity (Wildman–Crippen MR) is 153 cm³/mol. The first-order valence-corrected chi connectivity index (χ1v) is 13.5. The molecule has 11 nitrogen and oxygen atoms in total. The number of carboxylic acid groups (broad SMARTS) is 2. The lowest BCUT2D eigenvalue weighted by Crippen LogP contribution is -2.44. The van der Waals surface area contributed by atoms with E-state index in [2.05, 4.69) is 4.99 Å². The lowest BCUT2D eigenvalue weighted by atomic mass is 9.99. The van der Waals surface area contributed by atoms with Crippen LogP contribution in [0.1, 0.15) is 67.1 Å². The molecule has 2 amide bonds. The van der Waals surface area contributed by atoms with Crippen LogP contribution in [0.3, 0.4) is 0 Å². The van der Waals surface area contributed by atoms with E-state index in [1.54, 1.807) is 29.2 Å². The number of alkyl halides is 3. The average Bonchev–Trinajstić information content (AvgIpc) is 3.03. The van der Waals surface area contributed by atoms with E-state index in [4.69, 9.17) is 21.4 Å². The number of aryl methyl sites for hydroxylation is 1. The van der Waals surface area contributed by atoms with E-state index in [1.165, 1.54) is 4.90 Å². The van der Waals surface area contributed by atoms with Gasteiger partial charge in [-0.25, -0.2) is 4.79 Å². The summed E-state index contributed by atoms with van der Waals surface area (Å²) < 4.78 is 31.7. The number of amides is 2. The number of guanidine groups is 1. The quantitative estimate of drug-likeness (QED) is 0.169. The van der Waals surface area contributed by atoms with Gasteiger partial charge in [0.1, 0.15) is 6.54 Å². The molecule has 1 heterocycles. The molecule has 1 atom stereocenters. The molecule has 0 aromatic heterocycles. The second kappa shape index (κ2) is 15.6. The van der Waals surface area contributed by atoms with Crippen LogP contribution in [0.2, 0.25) is 0 Å². The Morgan fingerprint density at radius 3 is 2.16 bits per heavy atom. The summed E-state index contributed by atoms with van der Waals surface area (Å²) in [4.78, 5) is 54.9. The van der Waals surface area contributed by atoms with Crippen LogP contribution in [-0.4, -0.2) is 70.1 Å². The number of carbonyl (C=O) groups is 4. The second-order valence-corrected chi connectivity index (χ2v) is 10.1. The van der Waals surface area contributed by atoms with E-state index in [0.717, 1.165) is 31.2 Å². The van der Waals surface area contributed by atoms with E-state index in [9.17, 15) is 32.7 Å². The SMILES string of the molecule is CC(C)N1C(=O)CN(C(CC(=O)O)c2ccccc2)C(=O)c2cc(CCCCCN=C(N)N)ccc21.O=C(O)C(F)(F)F. The van der Waals surface area contributed by atoms with Gasteiger partial charge < -0.3 is 31.5 Å². The van der Waals surface area contributed by atoms with Gasteiger partial charge in [-0.15, -0.1) is 0 Å². The summed E-state index contributed by atoms with van der Waals surface area (Å²) in [6.45, 7) is 4.19. The third-order valence-electron chi connectivity index (χ3n) is 6.49. The Hall–Kier alpha value is -4.62. The van der Waals surface area contributed by atoms with Gasteiger partial charge >= 0.3 is 18.1 Å². The molecule has 6 N–H and O–H groups in total. The summed E-state index contributed by atoms with van der Waals surface area (Å²) in [5, 5.41) is 16.7. The minimum Gasteiger partial charge on any atom is -0.481 e. The Labute approximate surface area is 247 Å². The maximum absolute atomic E-state index is 13.9. The van der Waals surface area contributed by atoms with Crippen LogP contribution >= 0.6 is 0 Å². The Morgan fingerprint density at radius 2 is 1.63 bits per heavy atom. The smallest absolute Gasteiger partial charge is 0.481 e. The molecule has 2 aromatic carbocycles. The topological polar surface area (TPSA) is 180 Å². The van der Waals surface area contributed by atoms with Gasteiger partial charge in [0.25, 0.3) is 5.91 Å². The van der Waals surface area contributed by atoms with Gasteiger partial charge in [0.05, 0.1) is 23.7 Å². The first-order valence-electron chi connectivity index (χ1n) is 13.5. The Kier molecular flexibility index (Phi) is 12.5. The van der Waals surface area contributed by atoms with E-state index in [-0.39, 0.29) is 36.8 Å². The Balaban J connectivity index is 0.000000821. The number of carbonyl (C=O) groups excluding carboxylic acids is 2.